The SMILES string of the molecule is COc1ccc(NC(=O)COc2ccc(/C=N\NC(=O)C(=O)Nc3cc(C)ccc3OC)cc2)cc1. The summed E-state index contributed by atoms with van der Waals surface area (Å²) in [6.45, 7) is 1.68. The minimum Gasteiger partial charge on any atom is -0.497 e. The van der Waals surface area contributed by atoms with Gasteiger partial charge in [-0.05, 0) is 78.7 Å². The molecule has 0 spiro atoms. The number of hydrazone groups is 1. The first-order valence-corrected chi connectivity index (χ1v) is 10.8. The summed E-state index contributed by atoms with van der Waals surface area (Å²) in [5.74, 6) is -0.516. The number of carbonyl (C=O) groups is 3. The molecule has 10 nitrogen and oxygen atoms in total. The number of carbonyl (C=O) groups excluding carboxylic acids is 3. The van der Waals surface area contributed by atoms with Crippen LogP contribution < -0.4 is 30.3 Å². The zero-order valence-electron chi connectivity index (χ0n) is 20.0. The van der Waals surface area contributed by atoms with E-state index in [2.05, 4.69) is 21.2 Å². The predicted molar refractivity (Wildman–Crippen MR) is 136 cm³/mol. The van der Waals surface area contributed by atoms with E-state index >= 15 is 0 Å². The minimum atomic E-state index is -0.933. The Balaban J connectivity index is 1.44. The summed E-state index contributed by atoms with van der Waals surface area (Å²) in [5, 5.41) is 9.02. The van der Waals surface area contributed by atoms with Crippen molar-refractivity contribution in [2.24, 2.45) is 5.10 Å². The van der Waals surface area contributed by atoms with Crippen LogP contribution in [0, 0.1) is 6.92 Å². The van der Waals surface area contributed by atoms with Gasteiger partial charge in [-0.15, -0.1) is 0 Å². The number of methoxy groups -OCH3 is 2. The van der Waals surface area contributed by atoms with Crippen LogP contribution in [0.5, 0.6) is 17.2 Å². The van der Waals surface area contributed by atoms with Gasteiger partial charge in [-0.25, -0.2) is 5.43 Å². The molecule has 0 saturated heterocycles. The van der Waals surface area contributed by atoms with E-state index < -0.39 is 11.8 Å². The van der Waals surface area contributed by atoms with Crippen LogP contribution in [-0.2, 0) is 14.4 Å². The van der Waals surface area contributed by atoms with E-state index in [0.717, 1.165) is 5.56 Å². The van der Waals surface area contributed by atoms with Crippen molar-refractivity contribution in [3.05, 3.63) is 77.9 Å². The molecule has 0 aliphatic heterocycles. The van der Waals surface area contributed by atoms with Crippen LogP contribution in [0.1, 0.15) is 11.1 Å². The van der Waals surface area contributed by atoms with E-state index in [-0.39, 0.29) is 12.5 Å². The normalized spacial score (nSPS) is 10.4. The van der Waals surface area contributed by atoms with E-state index in [9.17, 15) is 14.4 Å². The highest BCUT2D eigenvalue weighted by Gasteiger charge is 2.15. The Hall–Kier alpha value is -4.86. The zero-order chi connectivity index (χ0) is 25.9. The topological polar surface area (TPSA) is 127 Å². The monoisotopic (exact) mass is 490 g/mol. The Morgan fingerprint density at radius 1 is 0.833 bits per heavy atom. The summed E-state index contributed by atoms with van der Waals surface area (Å²) >= 11 is 0. The van der Waals surface area contributed by atoms with Crippen molar-refractivity contribution in [1.29, 1.82) is 0 Å². The number of ether oxygens (including phenoxy) is 3. The van der Waals surface area contributed by atoms with E-state index in [1.165, 1.54) is 13.3 Å². The highest BCUT2D eigenvalue weighted by Crippen LogP contribution is 2.25. The van der Waals surface area contributed by atoms with Gasteiger partial charge in [-0.3, -0.25) is 14.4 Å². The molecule has 3 rings (SSSR count). The fourth-order valence-corrected chi connectivity index (χ4v) is 2.99. The molecule has 0 aliphatic rings. The maximum Gasteiger partial charge on any atom is 0.329 e. The molecule has 36 heavy (non-hydrogen) atoms. The predicted octanol–water partition coefficient (Wildman–Crippen LogP) is 3.12. The van der Waals surface area contributed by atoms with E-state index in [1.807, 2.05) is 13.0 Å². The third kappa shape index (κ3) is 7.59. The van der Waals surface area contributed by atoms with Gasteiger partial charge in [0.05, 0.1) is 26.1 Å². The summed E-state index contributed by atoms with van der Waals surface area (Å²) < 4.78 is 15.7. The number of aryl methyl sites for hydroxylation is 1. The van der Waals surface area contributed by atoms with E-state index in [1.54, 1.807) is 67.8 Å². The second kappa shape index (κ2) is 12.6. The minimum absolute atomic E-state index is 0.170. The van der Waals surface area contributed by atoms with Crippen LogP contribution in [0.15, 0.2) is 71.8 Å². The van der Waals surface area contributed by atoms with Crippen molar-refractivity contribution in [2.45, 2.75) is 6.92 Å². The molecule has 0 saturated carbocycles. The number of nitrogens with one attached hydrogen (secondary N) is 3. The van der Waals surface area contributed by atoms with Crippen molar-refractivity contribution in [1.82, 2.24) is 5.43 Å². The number of rotatable bonds is 9. The molecule has 3 amide bonds. The van der Waals surface area contributed by atoms with Gasteiger partial charge in [0.25, 0.3) is 5.91 Å². The molecule has 0 radical (unpaired) electrons. The summed E-state index contributed by atoms with van der Waals surface area (Å²) in [6.07, 6.45) is 1.37. The molecular formula is C26H26N4O6. The number of nitrogens with zero attached hydrogens (tertiary/aromatic N) is 1. The number of anilines is 2. The summed E-state index contributed by atoms with van der Waals surface area (Å²) in [5.41, 5.74) is 4.73. The van der Waals surface area contributed by atoms with Crippen LogP contribution in [-0.4, -0.2) is 44.8 Å². The second-order valence-electron chi connectivity index (χ2n) is 7.49. The Kier molecular flexibility index (Phi) is 8.99. The Bertz CT molecular complexity index is 1240. The molecule has 0 aliphatic carbocycles. The quantitative estimate of drug-likeness (QED) is 0.240. The van der Waals surface area contributed by atoms with Crippen molar-refractivity contribution >= 4 is 35.3 Å². The van der Waals surface area contributed by atoms with Crippen LogP contribution >= 0.6 is 0 Å². The van der Waals surface area contributed by atoms with Crippen molar-refractivity contribution in [3.8, 4) is 17.2 Å². The highest BCUT2D eigenvalue weighted by molar-refractivity contribution is 6.39. The smallest absolute Gasteiger partial charge is 0.329 e. The van der Waals surface area contributed by atoms with Crippen LogP contribution in [0.2, 0.25) is 0 Å². The Morgan fingerprint density at radius 2 is 1.53 bits per heavy atom. The molecule has 3 aromatic rings. The van der Waals surface area contributed by atoms with Gasteiger partial charge in [-0.1, -0.05) is 6.07 Å². The van der Waals surface area contributed by atoms with Crippen molar-refractivity contribution in [2.75, 3.05) is 31.5 Å². The molecule has 10 heteroatoms. The number of amides is 3. The fourth-order valence-electron chi connectivity index (χ4n) is 2.99. The number of hydrogen-bond acceptors (Lipinski definition) is 7. The molecule has 0 bridgehead atoms. The standard InChI is InChI=1S/C26H26N4O6/c1-17-4-13-23(35-3)22(14-17)29-25(32)26(33)30-27-15-18-5-9-21(10-6-18)36-16-24(31)28-19-7-11-20(34-2)12-8-19/h4-15H,16H2,1-3H3,(H,28,31)(H,29,32)(H,30,33)/b27-15-. The Labute approximate surface area is 208 Å². The molecular weight excluding hydrogens is 464 g/mol. The number of hydrogen-bond donors (Lipinski definition) is 3. The van der Waals surface area contributed by atoms with Crippen LogP contribution in [0.4, 0.5) is 11.4 Å². The lowest BCUT2D eigenvalue weighted by molar-refractivity contribution is -0.136. The van der Waals surface area contributed by atoms with Gasteiger partial charge >= 0.3 is 11.8 Å². The lowest BCUT2D eigenvalue weighted by atomic mass is 10.2. The van der Waals surface area contributed by atoms with Crippen molar-refractivity contribution in [3.63, 3.8) is 0 Å². The average Bonchev–Trinajstić information content (AvgIpc) is 2.88. The zero-order valence-corrected chi connectivity index (χ0v) is 20.0. The van der Waals surface area contributed by atoms with Crippen molar-refractivity contribution < 1.29 is 28.6 Å². The van der Waals surface area contributed by atoms with Crippen LogP contribution in [0.3, 0.4) is 0 Å². The van der Waals surface area contributed by atoms with E-state index in [0.29, 0.717) is 34.2 Å². The van der Waals surface area contributed by atoms with Gasteiger partial charge in [0, 0.05) is 5.69 Å². The molecule has 0 unspecified atom stereocenters. The van der Waals surface area contributed by atoms with Gasteiger partial charge in [0.2, 0.25) is 0 Å². The summed E-state index contributed by atoms with van der Waals surface area (Å²) in [4.78, 5) is 36.3. The summed E-state index contributed by atoms with van der Waals surface area (Å²) in [6, 6.07) is 18.8. The third-order valence-electron chi connectivity index (χ3n) is 4.81. The average molecular weight is 491 g/mol. The molecule has 0 atom stereocenters. The van der Waals surface area contributed by atoms with Crippen LogP contribution in [0.25, 0.3) is 0 Å². The molecule has 3 N–H and O–H groups in total. The maximum atomic E-state index is 12.1. The van der Waals surface area contributed by atoms with Gasteiger partial charge < -0.3 is 24.8 Å². The van der Waals surface area contributed by atoms with Gasteiger partial charge in [0.1, 0.15) is 17.2 Å². The molecule has 0 aromatic heterocycles. The molecule has 0 fully saturated rings. The largest absolute Gasteiger partial charge is 0.497 e. The first-order chi connectivity index (χ1) is 17.4. The third-order valence-corrected chi connectivity index (χ3v) is 4.81. The second-order valence-corrected chi connectivity index (χ2v) is 7.49. The summed E-state index contributed by atoms with van der Waals surface area (Å²) in [7, 11) is 3.04. The molecule has 3 aromatic carbocycles. The first kappa shape index (κ1) is 25.8. The lowest BCUT2D eigenvalue weighted by Crippen LogP contribution is -2.32. The Morgan fingerprint density at radius 3 is 2.19 bits per heavy atom. The molecule has 0 heterocycles. The fraction of sp³-hybridized carbons (Fsp3) is 0.154. The van der Waals surface area contributed by atoms with E-state index in [4.69, 9.17) is 14.2 Å². The maximum absolute atomic E-state index is 12.1. The number of benzene rings is 3. The molecule has 186 valence electrons. The van der Waals surface area contributed by atoms with Gasteiger partial charge in [0.15, 0.2) is 6.61 Å². The van der Waals surface area contributed by atoms with Gasteiger partial charge in [-0.2, -0.15) is 5.10 Å². The highest BCUT2D eigenvalue weighted by atomic mass is 16.5. The lowest BCUT2D eigenvalue weighted by Gasteiger charge is -2.10. The first-order valence-electron chi connectivity index (χ1n) is 10.8.